The van der Waals surface area contributed by atoms with Gasteiger partial charge in [-0.2, -0.15) is 8.42 Å². The molecule has 0 saturated carbocycles. The minimum atomic E-state index is -4.07. The first-order chi connectivity index (χ1) is 7.49. The van der Waals surface area contributed by atoms with Gasteiger partial charge in [-0.15, -0.1) is 0 Å². The normalized spacial score (nSPS) is 23.6. The molecule has 1 heterocycles. The van der Waals surface area contributed by atoms with Gasteiger partial charge in [-0.1, -0.05) is 30.8 Å². The molecule has 0 spiro atoms. The number of oxime groups is 1. The minimum absolute atomic E-state index is 0.493. The summed E-state index contributed by atoms with van der Waals surface area (Å²) in [5.74, 6) is 0. The average molecular weight is 265 g/mol. The smallest absolute Gasteiger partial charge is 0.281 e. The third-order valence-corrected chi connectivity index (χ3v) is 4.78. The van der Waals surface area contributed by atoms with E-state index in [1.807, 2.05) is 13.8 Å². The van der Waals surface area contributed by atoms with Gasteiger partial charge >= 0.3 is 0 Å². The standard InChI is InChI=1S/C9H15NO4S2/c1-3-5-14-10-8-6-7(4-2)9(15-8)16(11,12)13/h6,9H,3-5H2,1-2H3,(H,11,12,13). The lowest BCUT2D eigenvalue weighted by Gasteiger charge is -2.07. The first-order valence-electron chi connectivity index (χ1n) is 5.02. The molecule has 1 rings (SSSR count). The monoisotopic (exact) mass is 265 g/mol. The molecule has 0 amide bonds. The quantitative estimate of drug-likeness (QED) is 0.467. The third-order valence-electron chi connectivity index (χ3n) is 1.97. The van der Waals surface area contributed by atoms with Gasteiger partial charge in [0.2, 0.25) is 0 Å². The second kappa shape index (κ2) is 5.70. The zero-order valence-electron chi connectivity index (χ0n) is 9.21. The van der Waals surface area contributed by atoms with Crippen molar-refractivity contribution < 1.29 is 17.8 Å². The lowest BCUT2D eigenvalue weighted by molar-refractivity contribution is 0.146. The largest absolute Gasteiger partial charge is 0.395 e. The van der Waals surface area contributed by atoms with Crippen LogP contribution in [0.25, 0.3) is 0 Å². The molecule has 0 aromatic carbocycles. The van der Waals surface area contributed by atoms with Crippen LogP contribution in [0.15, 0.2) is 16.8 Å². The van der Waals surface area contributed by atoms with Gasteiger partial charge in [-0.05, 0) is 24.5 Å². The molecule has 1 atom stereocenters. The van der Waals surface area contributed by atoms with Crippen LogP contribution in [-0.4, -0.2) is 29.2 Å². The summed E-state index contributed by atoms with van der Waals surface area (Å²) in [5, 5.41) is 4.30. The predicted octanol–water partition coefficient (Wildman–Crippen LogP) is 2.02. The molecule has 5 nitrogen and oxygen atoms in total. The molecule has 1 aliphatic rings. The Morgan fingerprint density at radius 3 is 2.69 bits per heavy atom. The van der Waals surface area contributed by atoms with Crippen LogP contribution >= 0.6 is 11.8 Å². The van der Waals surface area contributed by atoms with E-state index in [-0.39, 0.29) is 0 Å². The highest BCUT2D eigenvalue weighted by atomic mass is 32.3. The lowest BCUT2D eigenvalue weighted by atomic mass is 10.2. The first-order valence-corrected chi connectivity index (χ1v) is 7.40. The second-order valence-electron chi connectivity index (χ2n) is 3.30. The topological polar surface area (TPSA) is 76.0 Å². The Balaban J connectivity index is 2.77. The fourth-order valence-electron chi connectivity index (χ4n) is 1.22. The molecule has 1 aliphatic heterocycles. The van der Waals surface area contributed by atoms with Crippen LogP contribution in [0.2, 0.25) is 0 Å². The van der Waals surface area contributed by atoms with Crippen molar-refractivity contribution in [3.63, 3.8) is 0 Å². The molecule has 1 N–H and O–H groups in total. The van der Waals surface area contributed by atoms with E-state index in [4.69, 9.17) is 9.39 Å². The molecule has 0 aromatic heterocycles. The molecular formula is C9H15NO4S2. The fraction of sp³-hybridized carbons (Fsp3) is 0.667. The van der Waals surface area contributed by atoms with Crippen molar-refractivity contribution >= 4 is 26.9 Å². The van der Waals surface area contributed by atoms with E-state index in [1.165, 1.54) is 0 Å². The molecule has 0 aliphatic carbocycles. The van der Waals surface area contributed by atoms with Crippen molar-refractivity contribution in [3.05, 3.63) is 11.6 Å². The van der Waals surface area contributed by atoms with Crippen LogP contribution in [0.3, 0.4) is 0 Å². The van der Waals surface area contributed by atoms with E-state index in [1.54, 1.807) is 6.08 Å². The Labute approximate surface area is 99.7 Å². The maximum atomic E-state index is 11.1. The molecule has 0 saturated heterocycles. The van der Waals surface area contributed by atoms with Crippen molar-refractivity contribution in [1.29, 1.82) is 0 Å². The summed E-state index contributed by atoms with van der Waals surface area (Å²) < 4.78 is 30.2. The van der Waals surface area contributed by atoms with E-state index in [0.717, 1.165) is 18.2 Å². The van der Waals surface area contributed by atoms with Crippen molar-refractivity contribution in [3.8, 4) is 0 Å². The molecule has 0 fully saturated rings. The van der Waals surface area contributed by atoms with Crippen molar-refractivity contribution in [2.75, 3.05) is 6.61 Å². The number of rotatable bonds is 5. The summed E-state index contributed by atoms with van der Waals surface area (Å²) in [6.07, 6.45) is 3.05. The summed E-state index contributed by atoms with van der Waals surface area (Å²) in [4.78, 5) is 4.97. The highest BCUT2D eigenvalue weighted by Gasteiger charge is 2.33. The molecule has 1 unspecified atom stereocenters. The summed E-state index contributed by atoms with van der Waals surface area (Å²) in [7, 11) is -4.07. The summed E-state index contributed by atoms with van der Waals surface area (Å²) in [6, 6.07) is 0. The number of thioether (sulfide) groups is 1. The van der Waals surface area contributed by atoms with Gasteiger partial charge in [-0.25, -0.2) is 0 Å². The van der Waals surface area contributed by atoms with Gasteiger partial charge in [-0.3, -0.25) is 4.55 Å². The van der Waals surface area contributed by atoms with Gasteiger partial charge in [0.15, 0.2) is 4.58 Å². The molecule has 7 heteroatoms. The van der Waals surface area contributed by atoms with E-state index >= 15 is 0 Å². The zero-order chi connectivity index (χ0) is 12.2. The molecule has 16 heavy (non-hydrogen) atoms. The maximum Gasteiger partial charge on any atom is 0.281 e. The molecule has 0 radical (unpaired) electrons. The van der Waals surface area contributed by atoms with Crippen LogP contribution < -0.4 is 0 Å². The molecule has 0 aromatic rings. The Hall–Kier alpha value is -0.530. The van der Waals surface area contributed by atoms with Crippen LogP contribution in [0.5, 0.6) is 0 Å². The Morgan fingerprint density at radius 2 is 2.25 bits per heavy atom. The second-order valence-corrected chi connectivity index (χ2v) is 6.23. The van der Waals surface area contributed by atoms with Crippen molar-refractivity contribution in [2.45, 2.75) is 31.3 Å². The van der Waals surface area contributed by atoms with Crippen LogP contribution in [0, 0.1) is 0 Å². The van der Waals surface area contributed by atoms with Crippen molar-refractivity contribution in [1.82, 2.24) is 0 Å². The Morgan fingerprint density at radius 1 is 1.56 bits per heavy atom. The van der Waals surface area contributed by atoms with Crippen LogP contribution in [-0.2, 0) is 15.0 Å². The number of nitrogens with zero attached hydrogens (tertiary/aromatic N) is 1. The summed E-state index contributed by atoms with van der Waals surface area (Å²) >= 11 is 0.995. The van der Waals surface area contributed by atoms with Gasteiger partial charge in [0.1, 0.15) is 11.7 Å². The van der Waals surface area contributed by atoms with Crippen molar-refractivity contribution in [2.24, 2.45) is 5.16 Å². The Bertz CT molecular complexity index is 400. The van der Waals surface area contributed by atoms with Gasteiger partial charge in [0, 0.05) is 0 Å². The van der Waals surface area contributed by atoms with Crippen LogP contribution in [0.4, 0.5) is 0 Å². The fourth-order valence-corrected chi connectivity index (χ4v) is 3.54. The zero-order valence-corrected chi connectivity index (χ0v) is 10.8. The maximum absolute atomic E-state index is 11.1. The lowest BCUT2D eigenvalue weighted by Crippen LogP contribution is -2.16. The van der Waals surface area contributed by atoms with Crippen LogP contribution in [0.1, 0.15) is 26.7 Å². The van der Waals surface area contributed by atoms with E-state index in [9.17, 15) is 8.42 Å². The molecule has 92 valence electrons. The molecule has 0 bridgehead atoms. The van der Waals surface area contributed by atoms with E-state index in [0.29, 0.717) is 23.6 Å². The highest BCUT2D eigenvalue weighted by Crippen LogP contribution is 2.34. The van der Waals surface area contributed by atoms with Gasteiger partial charge in [0.25, 0.3) is 10.1 Å². The van der Waals surface area contributed by atoms with E-state index < -0.39 is 14.7 Å². The van der Waals surface area contributed by atoms with Gasteiger partial charge < -0.3 is 4.84 Å². The highest BCUT2D eigenvalue weighted by molar-refractivity contribution is 8.22. The average Bonchev–Trinajstić information content (AvgIpc) is 2.61. The summed E-state index contributed by atoms with van der Waals surface area (Å²) in [5.41, 5.74) is 0.645. The Kier molecular flexibility index (Phi) is 4.82. The minimum Gasteiger partial charge on any atom is -0.395 e. The van der Waals surface area contributed by atoms with Gasteiger partial charge in [0.05, 0.1) is 0 Å². The van der Waals surface area contributed by atoms with E-state index in [2.05, 4.69) is 5.16 Å². The third kappa shape index (κ3) is 3.50. The SMILES string of the molecule is CCCON=C1C=C(CC)C(S(=O)(=O)O)S1. The first kappa shape index (κ1) is 13.5. The molecular weight excluding hydrogens is 250 g/mol. The number of hydrogen-bond acceptors (Lipinski definition) is 5. The summed E-state index contributed by atoms with van der Waals surface area (Å²) in [6.45, 7) is 4.28. The number of hydrogen-bond donors (Lipinski definition) is 1. The predicted molar refractivity (Wildman–Crippen MR) is 65.0 cm³/mol.